The zero-order chi connectivity index (χ0) is 20.3. The van der Waals surface area contributed by atoms with Crippen LogP contribution in [0.3, 0.4) is 0 Å². The van der Waals surface area contributed by atoms with E-state index in [0.717, 1.165) is 15.8 Å². The molecule has 0 unspecified atom stereocenters. The third kappa shape index (κ3) is 4.40. The van der Waals surface area contributed by atoms with Crippen LogP contribution in [0.15, 0.2) is 53.3 Å². The molecule has 0 aliphatic carbocycles. The smallest absolute Gasteiger partial charge is 0.267 e. The molecule has 0 fully saturated rings. The van der Waals surface area contributed by atoms with Crippen molar-refractivity contribution in [3.05, 3.63) is 75.0 Å². The first-order valence-corrected chi connectivity index (χ1v) is 9.04. The highest BCUT2D eigenvalue weighted by Crippen LogP contribution is 2.27. The average Bonchev–Trinajstić information content (AvgIpc) is 2.66. The van der Waals surface area contributed by atoms with E-state index in [1.165, 1.54) is 18.7 Å². The Morgan fingerprint density at radius 1 is 1.11 bits per heavy atom. The van der Waals surface area contributed by atoms with Crippen LogP contribution < -0.4 is 15.6 Å². The predicted octanol–water partition coefficient (Wildman–Crippen LogP) is 3.83. The maximum Gasteiger partial charge on any atom is 0.267 e. The van der Waals surface area contributed by atoms with E-state index in [9.17, 15) is 9.59 Å². The van der Waals surface area contributed by atoms with E-state index >= 15 is 0 Å². The van der Waals surface area contributed by atoms with E-state index in [0.29, 0.717) is 22.2 Å². The second-order valence-corrected chi connectivity index (χ2v) is 6.82. The molecule has 0 saturated heterocycles. The van der Waals surface area contributed by atoms with Gasteiger partial charge in [0, 0.05) is 17.3 Å². The minimum absolute atomic E-state index is 0.207. The molecule has 0 atom stereocenters. The third-order valence-corrected chi connectivity index (χ3v) is 4.69. The van der Waals surface area contributed by atoms with Gasteiger partial charge in [0.25, 0.3) is 5.56 Å². The Kier molecular flexibility index (Phi) is 5.80. The van der Waals surface area contributed by atoms with Crippen molar-refractivity contribution in [3.63, 3.8) is 0 Å². The monoisotopic (exact) mass is 397 g/mol. The largest absolute Gasteiger partial charge is 0.495 e. The quantitative estimate of drug-likeness (QED) is 0.710. The van der Waals surface area contributed by atoms with Gasteiger partial charge in [-0.2, -0.15) is 5.10 Å². The van der Waals surface area contributed by atoms with E-state index in [4.69, 9.17) is 16.3 Å². The highest BCUT2D eigenvalue weighted by Gasteiger charge is 2.10. The molecule has 7 heteroatoms. The van der Waals surface area contributed by atoms with Gasteiger partial charge in [0.2, 0.25) is 5.91 Å². The lowest BCUT2D eigenvalue weighted by Gasteiger charge is -2.10. The fourth-order valence-electron chi connectivity index (χ4n) is 2.70. The zero-order valence-electron chi connectivity index (χ0n) is 15.8. The maximum absolute atomic E-state index is 12.4. The SMILES string of the molecule is COc1ccc(NC(=O)Cn2nc(-c3ccc(C)c(C)c3)ccc2=O)cc1Cl. The average molecular weight is 398 g/mol. The molecule has 0 saturated carbocycles. The number of aryl methyl sites for hydroxylation is 2. The number of hydrogen-bond donors (Lipinski definition) is 1. The highest BCUT2D eigenvalue weighted by molar-refractivity contribution is 6.32. The van der Waals surface area contributed by atoms with E-state index in [2.05, 4.69) is 10.4 Å². The van der Waals surface area contributed by atoms with Gasteiger partial charge in [0.1, 0.15) is 12.3 Å². The number of nitrogens with one attached hydrogen (secondary N) is 1. The molecule has 0 spiro atoms. The van der Waals surface area contributed by atoms with E-state index in [-0.39, 0.29) is 18.0 Å². The molecule has 3 rings (SSSR count). The Bertz CT molecular complexity index is 1090. The van der Waals surface area contributed by atoms with Crippen LogP contribution in [0.4, 0.5) is 5.69 Å². The van der Waals surface area contributed by atoms with Crippen molar-refractivity contribution in [2.24, 2.45) is 0 Å². The molecule has 28 heavy (non-hydrogen) atoms. The number of aromatic nitrogens is 2. The van der Waals surface area contributed by atoms with Gasteiger partial charge in [-0.1, -0.05) is 23.7 Å². The number of carbonyl (C=O) groups excluding carboxylic acids is 1. The second kappa shape index (κ2) is 8.27. The summed E-state index contributed by atoms with van der Waals surface area (Å²) in [5.41, 5.74) is 3.98. The topological polar surface area (TPSA) is 73.2 Å². The van der Waals surface area contributed by atoms with Gasteiger partial charge in [0.05, 0.1) is 17.8 Å². The van der Waals surface area contributed by atoms with E-state index in [1.54, 1.807) is 24.3 Å². The van der Waals surface area contributed by atoms with Gasteiger partial charge in [0.15, 0.2) is 0 Å². The van der Waals surface area contributed by atoms with E-state index in [1.807, 2.05) is 32.0 Å². The minimum atomic E-state index is -0.381. The predicted molar refractivity (Wildman–Crippen MR) is 110 cm³/mol. The zero-order valence-corrected chi connectivity index (χ0v) is 16.6. The first-order chi connectivity index (χ1) is 13.4. The molecule has 0 bridgehead atoms. The van der Waals surface area contributed by atoms with Gasteiger partial charge in [-0.3, -0.25) is 9.59 Å². The molecule has 3 aromatic rings. The molecule has 0 aliphatic heterocycles. The summed E-state index contributed by atoms with van der Waals surface area (Å²) in [4.78, 5) is 24.5. The molecule has 1 aromatic heterocycles. The Labute approximate surface area is 167 Å². The lowest BCUT2D eigenvalue weighted by molar-refractivity contribution is -0.117. The number of halogens is 1. The molecule has 1 amide bonds. The van der Waals surface area contributed by atoms with Gasteiger partial charge in [-0.25, -0.2) is 4.68 Å². The normalized spacial score (nSPS) is 10.6. The fourth-order valence-corrected chi connectivity index (χ4v) is 2.96. The van der Waals surface area contributed by atoms with Crippen molar-refractivity contribution in [2.45, 2.75) is 20.4 Å². The van der Waals surface area contributed by atoms with Gasteiger partial charge in [-0.05, 0) is 55.3 Å². The van der Waals surface area contributed by atoms with Crippen LogP contribution in [-0.4, -0.2) is 22.8 Å². The van der Waals surface area contributed by atoms with Crippen LogP contribution in [-0.2, 0) is 11.3 Å². The molecule has 1 N–H and O–H groups in total. The summed E-state index contributed by atoms with van der Waals surface area (Å²) < 4.78 is 6.23. The minimum Gasteiger partial charge on any atom is -0.495 e. The summed E-state index contributed by atoms with van der Waals surface area (Å²) in [5, 5.41) is 7.43. The van der Waals surface area contributed by atoms with Crippen LogP contribution in [0.2, 0.25) is 5.02 Å². The lowest BCUT2D eigenvalue weighted by Crippen LogP contribution is -2.29. The van der Waals surface area contributed by atoms with Crippen molar-refractivity contribution in [1.82, 2.24) is 9.78 Å². The molecule has 0 aliphatic rings. The van der Waals surface area contributed by atoms with Crippen LogP contribution in [0, 0.1) is 13.8 Å². The maximum atomic E-state index is 12.4. The van der Waals surface area contributed by atoms with Crippen LogP contribution in [0.5, 0.6) is 5.75 Å². The number of amides is 1. The summed E-state index contributed by atoms with van der Waals surface area (Å²) in [6.07, 6.45) is 0. The summed E-state index contributed by atoms with van der Waals surface area (Å²) in [6, 6.07) is 13.9. The van der Waals surface area contributed by atoms with Crippen LogP contribution in [0.25, 0.3) is 11.3 Å². The fraction of sp³-hybridized carbons (Fsp3) is 0.190. The van der Waals surface area contributed by atoms with Gasteiger partial charge >= 0.3 is 0 Å². The Balaban J connectivity index is 1.80. The number of nitrogens with zero attached hydrogens (tertiary/aromatic N) is 2. The second-order valence-electron chi connectivity index (χ2n) is 6.41. The molecule has 144 valence electrons. The third-order valence-electron chi connectivity index (χ3n) is 4.40. The van der Waals surface area contributed by atoms with Crippen LogP contribution in [0.1, 0.15) is 11.1 Å². The van der Waals surface area contributed by atoms with Gasteiger partial charge < -0.3 is 10.1 Å². The molecule has 2 aromatic carbocycles. The number of methoxy groups -OCH3 is 1. The van der Waals surface area contributed by atoms with Crippen molar-refractivity contribution < 1.29 is 9.53 Å². The Hall–Kier alpha value is -3.12. The number of anilines is 1. The number of ether oxygens (including phenoxy) is 1. The Morgan fingerprint density at radius 2 is 1.89 bits per heavy atom. The van der Waals surface area contributed by atoms with Crippen molar-refractivity contribution in [1.29, 1.82) is 0 Å². The highest BCUT2D eigenvalue weighted by atomic mass is 35.5. The lowest BCUT2D eigenvalue weighted by atomic mass is 10.0. The van der Waals surface area contributed by atoms with E-state index < -0.39 is 0 Å². The molecule has 1 heterocycles. The van der Waals surface area contributed by atoms with Crippen LogP contribution >= 0.6 is 11.6 Å². The first kappa shape index (κ1) is 19.6. The molecular formula is C21H20ClN3O3. The Morgan fingerprint density at radius 3 is 2.57 bits per heavy atom. The molecule has 6 nitrogen and oxygen atoms in total. The standard InChI is InChI=1S/C21H20ClN3O3/c1-13-4-5-15(10-14(13)2)18-7-9-21(27)25(24-18)12-20(26)23-16-6-8-19(28-3)17(22)11-16/h4-11H,12H2,1-3H3,(H,23,26). The van der Waals surface area contributed by atoms with Crippen molar-refractivity contribution in [2.75, 3.05) is 12.4 Å². The summed E-state index contributed by atoms with van der Waals surface area (Å²) in [7, 11) is 1.51. The molecular weight excluding hydrogens is 378 g/mol. The van der Waals surface area contributed by atoms with Gasteiger partial charge in [-0.15, -0.1) is 0 Å². The van der Waals surface area contributed by atoms with Crippen molar-refractivity contribution >= 4 is 23.2 Å². The number of hydrogen-bond acceptors (Lipinski definition) is 4. The summed E-state index contributed by atoms with van der Waals surface area (Å²) >= 11 is 6.07. The summed E-state index contributed by atoms with van der Waals surface area (Å²) in [6.45, 7) is 3.84. The first-order valence-electron chi connectivity index (χ1n) is 8.66. The summed E-state index contributed by atoms with van der Waals surface area (Å²) in [5.74, 6) is 0.131. The number of benzene rings is 2. The molecule has 0 radical (unpaired) electrons. The number of rotatable bonds is 5. The number of carbonyl (C=O) groups is 1. The van der Waals surface area contributed by atoms with Crippen molar-refractivity contribution in [3.8, 4) is 17.0 Å².